The van der Waals surface area contributed by atoms with Crippen LogP contribution in [0.1, 0.15) is 12.8 Å². The number of carbonyl (C=O) groups excluding carboxylic acids is 2. The molecule has 5 heteroatoms. The fourth-order valence-electron chi connectivity index (χ4n) is 0.472. The number of hydrogen-bond donors (Lipinski definition) is 2. The summed E-state index contributed by atoms with van der Waals surface area (Å²) >= 11 is 0. The quantitative estimate of drug-likeness (QED) is 0.430. The molecule has 0 bridgehead atoms. The second kappa shape index (κ2) is 3.84. The van der Waals surface area contributed by atoms with Crippen LogP contribution in [0, 0.1) is 0 Å². The van der Waals surface area contributed by atoms with Gasteiger partial charge in [-0.05, 0) is 12.8 Å². The molecule has 0 aromatic carbocycles. The highest BCUT2D eigenvalue weighted by Crippen LogP contribution is 2.18. The number of alkyl carbamates (subject to hydrolysis) is 1. The molecule has 0 aliphatic heterocycles. The zero-order chi connectivity index (χ0) is 6.69. The van der Waals surface area contributed by atoms with E-state index < -0.39 is 6.09 Å². The van der Waals surface area contributed by atoms with E-state index in [0.29, 0.717) is 0 Å². The van der Waals surface area contributed by atoms with Crippen molar-refractivity contribution in [1.29, 1.82) is 0 Å². The van der Waals surface area contributed by atoms with Crippen LogP contribution in [0.25, 0.3) is 0 Å². The Kier molecular flexibility index (Phi) is 3.42. The summed E-state index contributed by atoms with van der Waals surface area (Å²) in [5, 5.41) is 2.46. The lowest BCUT2D eigenvalue weighted by Gasteiger charge is -1.96. The van der Waals surface area contributed by atoms with Crippen LogP contribution in [0.3, 0.4) is 0 Å². The molecule has 0 aromatic heterocycles. The SMILES string of the molecule is N.O=COC(=O)NC1CC1. The molecule has 1 rings (SSSR count). The summed E-state index contributed by atoms with van der Waals surface area (Å²) in [6.45, 7) is 0.123. The zero-order valence-electron chi connectivity index (χ0n) is 5.50. The number of rotatable bonds is 2. The van der Waals surface area contributed by atoms with E-state index >= 15 is 0 Å². The monoisotopic (exact) mass is 146 g/mol. The second-order valence-electron chi connectivity index (χ2n) is 1.92. The highest BCUT2D eigenvalue weighted by atomic mass is 16.6. The molecule has 1 saturated carbocycles. The van der Waals surface area contributed by atoms with Crippen molar-refractivity contribution < 1.29 is 14.3 Å². The molecule has 58 valence electrons. The first-order valence-corrected chi connectivity index (χ1v) is 2.73. The average molecular weight is 146 g/mol. The van der Waals surface area contributed by atoms with Crippen molar-refractivity contribution in [2.75, 3.05) is 0 Å². The Labute approximate surface area is 58.3 Å². The van der Waals surface area contributed by atoms with Crippen molar-refractivity contribution >= 4 is 12.6 Å². The maximum atomic E-state index is 10.3. The number of nitrogens with one attached hydrogen (secondary N) is 1. The van der Waals surface area contributed by atoms with E-state index in [1.54, 1.807) is 0 Å². The maximum absolute atomic E-state index is 10.3. The molecular weight excluding hydrogens is 136 g/mol. The minimum atomic E-state index is -0.646. The predicted molar refractivity (Wildman–Crippen MR) is 33.7 cm³/mol. The molecule has 1 amide bonds. The highest BCUT2D eigenvalue weighted by Gasteiger charge is 2.23. The molecule has 0 aromatic rings. The maximum Gasteiger partial charge on any atom is 0.414 e. The van der Waals surface area contributed by atoms with Gasteiger partial charge in [-0.25, -0.2) is 4.79 Å². The van der Waals surface area contributed by atoms with Gasteiger partial charge in [0.15, 0.2) is 0 Å². The van der Waals surface area contributed by atoms with Crippen LogP contribution in [0.15, 0.2) is 0 Å². The van der Waals surface area contributed by atoms with Crippen molar-refractivity contribution in [3.05, 3.63) is 0 Å². The molecule has 0 spiro atoms. The third kappa shape index (κ3) is 3.03. The summed E-state index contributed by atoms with van der Waals surface area (Å²) in [6.07, 6.45) is 1.34. The molecule has 1 aliphatic rings. The van der Waals surface area contributed by atoms with E-state index in [-0.39, 0.29) is 18.7 Å². The lowest BCUT2D eigenvalue weighted by atomic mass is 10.7. The average Bonchev–Trinajstić information content (AvgIpc) is 2.50. The van der Waals surface area contributed by atoms with Gasteiger partial charge in [0, 0.05) is 6.04 Å². The molecule has 5 nitrogen and oxygen atoms in total. The standard InChI is InChI=1S/C5H7NO3.H3N/c7-3-9-5(8)6-4-1-2-4;/h3-4H,1-2H2,(H,6,8);1H3. The van der Waals surface area contributed by atoms with Gasteiger partial charge in [0.25, 0.3) is 0 Å². The summed E-state index contributed by atoms with van der Waals surface area (Å²) in [5.41, 5.74) is 0. The van der Waals surface area contributed by atoms with Crippen molar-refractivity contribution in [1.82, 2.24) is 11.5 Å². The van der Waals surface area contributed by atoms with E-state index in [4.69, 9.17) is 0 Å². The van der Waals surface area contributed by atoms with Crippen LogP contribution in [0.4, 0.5) is 4.79 Å². The highest BCUT2D eigenvalue weighted by molar-refractivity contribution is 5.75. The first kappa shape index (κ1) is 8.90. The summed E-state index contributed by atoms with van der Waals surface area (Å²) in [7, 11) is 0. The van der Waals surface area contributed by atoms with E-state index in [2.05, 4.69) is 10.1 Å². The van der Waals surface area contributed by atoms with Gasteiger partial charge in [0.2, 0.25) is 0 Å². The van der Waals surface area contributed by atoms with Crippen LogP contribution in [0.5, 0.6) is 0 Å². The van der Waals surface area contributed by atoms with Gasteiger partial charge < -0.3 is 16.2 Å². The molecule has 10 heavy (non-hydrogen) atoms. The molecule has 1 aliphatic carbocycles. The van der Waals surface area contributed by atoms with Gasteiger partial charge >= 0.3 is 12.6 Å². The molecule has 0 saturated heterocycles. The number of hydrogen-bond acceptors (Lipinski definition) is 4. The lowest BCUT2D eigenvalue weighted by Crippen LogP contribution is -2.25. The molecule has 0 atom stereocenters. The third-order valence-corrected chi connectivity index (χ3v) is 1.05. The summed E-state index contributed by atoms with van der Waals surface area (Å²) < 4.78 is 3.96. The van der Waals surface area contributed by atoms with Crippen LogP contribution >= 0.6 is 0 Å². The Balaban J connectivity index is 0.000000810. The predicted octanol–water partition coefficient (Wildman–Crippen LogP) is 0.193. The lowest BCUT2D eigenvalue weighted by molar-refractivity contribution is -0.123. The van der Waals surface area contributed by atoms with E-state index in [9.17, 15) is 9.59 Å². The Hall–Kier alpha value is -1.10. The molecular formula is C5H10N2O3. The Morgan fingerprint density at radius 3 is 2.60 bits per heavy atom. The summed E-state index contributed by atoms with van der Waals surface area (Å²) in [4.78, 5) is 19.9. The van der Waals surface area contributed by atoms with Crippen molar-refractivity contribution in [3.63, 3.8) is 0 Å². The molecule has 0 heterocycles. The van der Waals surface area contributed by atoms with Crippen LogP contribution < -0.4 is 11.5 Å². The Bertz CT molecular complexity index is 133. The first-order valence-electron chi connectivity index (χ1n) is 2.73. The number of carbonyl (C=O) groups is 2. The Morgan fingerprint density at radius 2 is 2.20 bits per heavy atom. The van der Waals surface area contributed by atoms with Crippen LogP contribution in [-0.4, -0.2) is 18.6 Å². The van der Waals surface area contributed by atoms with Crippen molar-refractivity contribution in [3.8, 4) is 0 Å². The van der Waals surface area contributed by atoms with Crippen LogP contribution in [0.2, 0.25) is 0 Å². The summed E-state index contributed by atoms with van der Waals surface area (Å²) in [5.74, 6) is 0. The Morgan fingerprint density at radius 1 is 1.60 bits per heavy atom. The zero-order valence-corrected chi connectivity index (χ0v) is 5.50. The fourth-order valence-corrected chi connectivity index (χ4v) is 0.472. The normalized spacial score (nSPS) is 14.8. The van der Waals surface area contributed by atoms with E-state index in [1.165, 1.54) is 0 Å². The molecule has 0 unspecified atom stereocenters. The van der Waals surface area contributed by atoms with Crippen LogP contribution in [-0.2, 0) is 9.53 Å². The molecule has 0 radical (unpaired) electrons. The van der Waals surface area contributed by atoms with E-state index in [1.807, 2.05) is 0 Å². The largest absolute Gasteiger partial charge is 0.414 e. The van der Waals surface area contributed by atoms with Crippen molar-refractivity contribution in [2.45, 2.75) is 18.9 Å². The second-order valence-corrected chi connectivity index (χ2v) is 1.92. The van der Waals surface area contributed by atoms with Gasteiger partial charge in [-0.2, -0.15) is 0 Å². The molecule has 1 fully saturated rings. The van der Waals surface area contributed by atoms with Gasteiger partial charge in [0.05, 0.1) is 0 Å². The first-order chi connectivity index (χ1) is 4.33. The third-order valence-electron chi connectivity index (χ3n) is 1.05. The number of amides is 1. The molecule has 4 N–H and O–H groups in total. The fraction of sp³-hybridized carbons (Fsp3) is 0.600. The van der Waals surface area contributed by atoms with E-state index in [0.717, 1.165) is 12.8 Å². The van der Waals surface area contributed by atoms with Gasteiger partial charge in [-0.3, -0.25) is 4.79 Å². The van der Waals surface area contributed by atoms with Gasteiger partial charge in [0.1, 0.15) is 0 Å². The minimum absolute atomic E-state index is 0. The smallest absolute Gasteiger partial charge is 0.379 e. The van der Waals surface area contributed by atoms with Gasteiger partial charge in [-0.15, -0.1) is 0 Å². The topological polar surface area (TPSA) is 90.4 Å². The number of ether oxygens (including phenoxy) is 1. The minimum Gasteiger partial charge on any atom is -0.379 e. The summed E-state index contributed by atoms with van der Waals surface area (Å²) in [6, 6.07) is 0.248. The van der Waals surface area contributed by atoms with Crippen molar-refractivity contribution in [2.24, 2.45) is 0 Å². The van der Waals surface area contributed by atoms with Gasteiger partial charge in [-0.1, -0.05) is 0 Å².